The normalized spacial score (nSPS) is 11.4. The largest absolute Gasteiger partial charge is 0.258 e. The van der Waals surface area contributed by atoms with Crippen molar-refractivity contribution in [3.63, 3.8) is 0 Å². The Hall–Kier alpha value is -2.67. The van der Waals surface area contributed by atoms with Crippen LogP contribution in [0.1, 0.15) is 36.4 Å². The average Bonchev–Trinajstić information content (AvgIpc) is 2.65. The molecule has 0 N–H and O–H groups in total. The Bertz CT molecular complexity index is 1040. The molecule has 26 heavy (non-hydrogen) atoms. The molecule has 1 nitrogen and oxygen atoms in total. The summed E-state index contributed by atoms with van der Waals surface area (Å²) in [6.07, 6.45) is 1.92. The zero-order chi connectivity index (χ0) is 18.3. The zero-order valence-electron chi connectivity index (χ0n) is 16.1. The van der Waals surface area contributed by atoms with Crippen molar-refractivity contribution in [2.75, 3.05) is 0 Å². The second kappa shape index (κ2) is 6.57. The van der Waals surface area contributed by atoms with Gasteiger partial charge in [0.1, 0.15) is 0 Å². The van der Waals surface area contributed by atoms with E-state index in [1.807, 2.05) is 0 Å². The molecule has 0 bridgehead atoms. The molecule has 0 fully saturated rings. The summed E-state index contributed by atoms with van der Waals surface area (Å²) in [4.78, 5) is 4.78. The highest BCUT2D eigenvalue weighted by Gasteiger charge is 2.12. The Balaban J connectivity index is 2.15. The molecule has 0 unspecified atom stereocenters. The van der Waals surface area contributed by atoms with Crippen LogP contribution in [0.15, 0.2) is 54.6 Å². The van der Waals surface area contributed by atoms with Crippen LogP contribution in [-0.2, 0) is 12.8 Å². The lowest BCUT2D eigenvalue weighted by Gasteiger charge is -2.15. The van der Waals surface area contributed by atoms with E-state index in [1.54, 1.807) is 0 Å². The molecule has 0 aliphatic heterocycles. The Labute approximate surface area is 155 Å². The van der Waals surface area contributed by atoms with E-state index in [0.29, 0.717) is 0 Å². The van der Waals surface area contributed by atoms with Gasteiger partial charge in [0.15, 0.2) is 0 Å². The number of fused-ring (bicyclic) bond motifs is 2. The van der Waals surface area contributed by atoms with E-state index in [9.17, 15) is 0 Å². The standard InChI is InChI=1S/C25H25N/c1-5-21-14-20(15-22(6-2)26-21)25-23-9-7-16(3)11-18(23)13-19-12-17(4)8-10-24(19)25/h7-15H,5-6H2,1-4H3. The molecule has 1 aromatic heterocycles. The van der Waals surface area contributed by atoms with Crippen LogP contribution in [0.4, 0.5) is 0 Å². The Kier molecular flexibility index (Phi) is 4.24. The first kappa shape index (κ1) is 16.8. The Morgan fingerprint density at radius 3 is 1.62 bits per heavy atom. The number of hydrogen-bond acceptors (Lipinski definition) is 1. The maximum Gasteiger partial charge on any atom is 0.0410 e. The summed E-state index contributed by atoms with van der Waals surface area (Å²) in [7, 11) is 0. The minimum atomic E-state index is 0.960. The minimum absolute atomic E-state index is 0.960. The second-order valence-electron chi connectivity index (χ2n) is 7.25. The summed E-state index contributed by atoms with van der Waals surface area (Å²) in [5, 5.41) is 5.27. The van der Waals surface area contributed by atoms with Gasteiger partial charge in [0.05, 0.1) is 0 Å². The van der Waals surface area contributed by atoms with Gasteiger partial charge in [-0.1, -0.05) is 61.4 Å². The van der Waals surface area contributed by atoms with E-state index < -0.39 is 0 Å². The van der Waals surface area contributed by atoms with E-state index in [4.69, 9.17) is 4.98 Å². The molecule has 0 aliphatic carbocycles. The molecule has 0 spiro atoms. The van der Waals surface area contributed by atoms with E-state index >= 15 is 0 Å². The fraction of sp³-hybridized carbons (Fsp3) is 0.240. The van der Waals surface area contributed by atoms with Crippen molar-refractivity contribution in [3.05, 3.63) is 77.1 Å². The lowest BCUT2D eigenvalue weighted by molar-refractivity contribution is 0.956. The summed E-state index contributed by atoms with van der Waals surface area (Å²) >= 11 is 0. The number of hydrogen-bond donors (Lipinski definition) is 0. The SMILES string of the molecule is CCc1cc(-c2c3ccc(C)cc3cc3cc(C)ccc23)cc(CC)n1. The lowest BCUT2D eigenvalue weighted by Crippen LogP contribution is -1.96. The smallest absolute Gasteiger partial charge is 0.0410 e. The molecule has 1 heteroatoms. The number of pyridine rings is 1. The molecule has 0 radical (unpaired) electrons. The molecule has 0 amide bonds. The number of nitrogens with zero attached hydrogens (tertiary/aromatic N) is 1. The molecule has 0 atom stereocenters. The molecular formula is C25H25N. The Morgan fingerprint density at radius 1 is 0.654 bits per heavy atom. The van der Waals surface area contributed by atoms with Gasteiger partial charge in [-0.2, -0.15) is 0 Å². The van der Waals surface area contributed by atoms with E-state index in [2.05, 4.69) is 82.3 Å². The molecule has 3 aromatic carbocycles. The van der Waals surface area contributed by atoms with E-state index in [-0.39, 0.29) is 0 Å². The fourth-order valence-electron chi connectivity index (χ4n) is 3.84. The van der Waals surface area contributed by atoms with Crippen LogP contribution in [0.2, 0.25) is 0 Å². The van der Waals surface area contributed by atoms with Crippen LogP contribution < -0.4 is 0 Å². The highest BCUT2D eigenvalue weighted by Crippen LogP contribution is 2.37. The van der Waals surface area contributed by atoms with Gasteiger partial charge in [-0.05, 0) is 77.6 Å². The summed E-state index contributed by atoms with van der Waals surface area (Å²) in [5.74, 6) is 0. The third-order valence-electron chi connectivity index (χ3n) is 5.21. The molecular weight excluding hydrogens is 314 g/mol. The van der Waals surface area contributed by atoms with Gasteiger partial charge >= 0.3 is 0 Å². The van der Waals surface area contributed by atoms with Gasteiger partial charge in [0, 0.05) is 11.4 Å². The van der Waals surface area contributed by atoms with Crippen LogP contribution >= 0.6 is 0 Å². The predicted molar refractivity (Wildman–Crippen MR) is 113 cm³/mol. The van der Waals surface area contributed by atoms with Gasteiger partial charge in [-0.25, -0.2) is 0 Å². The monoisotopic (exact) mass is 339 g/mol. The van der Waals surface area contributed by atoms with Crippen LogP contribution in [0.3, 0.4) is 0 Å². The third kappa shape index (κ3) is 2.88. The summed E-state index contributed by atoms with van der Waals surface area (Å²) < 4.78 is 0. The molecule has 1 heterocycles. The molecule has 130 valence electrons. The number of aryl methyl sites for hydroxylation is 4. The van der Waals surface area contributed by atoms with E-state index in [0.717, 1.165) is 12.8 Å². The van der Waals surface area contributed by atoms with Crippen molar-refractivity contribution >= 4 is 21.5 Å². The summed E-state index contributed by atoms with van der Waals surface area (Å²) in [6, 6.07) is 20.4. The van der Waals surface area contributed by atoms with Crippen molar-refractivity contribution in [2.45, 2.75) is 40.5 Å². The van der Waals surface area contributed by atoms with Gasteiger partial charge in [0.2, 0.25) is 0 Å². The van der Waals surface area contributed by atoms with Crippen LogP contribution in [0, 0.1) is 13.8 Å². The molecule has 0 aliphatic rings. The molecule has 4 aromatic rings. The fourth-order valence-corrected chi connectivity index (χ4v) is 3.84. The highest BCUT2D eigenvalue weighted by molar-refractivity contribution is 6.12. The number of rotatable bonds is 3. The van der Waals surface area contributed by atoms with Crippen molar-refractivity contribution < 1.29 is 0 Å². The van der Waals surface area contributed by atoms with Gasteiger partial charge in [0.25, 0.3) is 0 Å². The zero-order valence-corrected chi connectivity index (χ0v) is 16.1. The van der Waals surface area contributed by atoms with Crippen LogP contribution in [0.5, 0.6) is 0 Å². The summed E-state index contributed by atoms with van der Waals surface area (Å²) in [6.45, 7) is 8.69. The van der Waals surface area contributed by atoms with E-state index in [1.165, 1.54) is 55.2 Å². The van der Waals surface area contributed by atoms with Crippen molar-refractivity contribution in [2.24, 2.45) is 0 Å². The molecule has 4 rings (SSSR count). The highest BCUT2D eigenvalue weighted by atomic mass is 14.7. The maximum atomic E-state index is 4.78. The van der Waals surface area contributed by atoms with Crippen LogP contribution in [0.25, 0.3) is 32.7 Å². The van der Waals surface area contributed by atoms with Gasteiger partial charge in [-0.15, -0.1) is 0 Å². The Morgan fingerprint density at radius 2 is 1.15 bits per heavy atom. The van der Waals surface area contributed by atoms with Crippen molar-refractivity contribution in [3.8, 4) is 11.1 Å². The number of aromatic nitrogens is 1. The third-order valence-corrected chi connectivity index (χ3v) is 5.21. The van der Waals surface area contributed by atoms with Crippen molar-refractivity contribution in [1.29, 1.82) is 0 Å². The average molecular weight is 339 g/mol. The number of benzene rings is 3. The second-order valence-corrected chi connectivity index (χ2v) is 7.25. The first-order valence-corrected chi connectivity index (χ1v) is 9.53. The minimum Gasteiger partial charge on any atom is -0.258 e. The molecule has 0 saturated heterocycles. The summed E-state index contributed by atoms with van der Waals surface area (Å²) in [5.41, 5.74) is 7.57. The first-order chi connectivity index (χ1) is 12.6. The topological polar surface area (TPSA) is 12.9 Å². The lowest BCUT2D eigenvalue weighted by atomic mass is 9.90. The van der Waals surface area contributed by atoms with Crippen LogP contribution in [-0.4, -0.2) is 4.98 Å². The first-order valence-electron chi connectivity index (χ1n) is 9.53. The maximum absolute atomic E-state index is 4.78. The quantitative estimate of drug-likeness (QED) is 0.374. The van der Waals surface area contributed by atoms with Gasteiger partial charge < -0.3 is 0 Å². The van der Waals surface area contributed by atoms with Crippen molar-refractivity contribution in [1.82, 2.24) is 4.98 Å². The predicted octanol–water partition coefficient (Wildman–Crippen LogP) is 6.80. The van der Waals surface area contributed by atoms with Gasteiger partial charge in [-0.3, -0.25) is 4.98 Å². The molecule has 0 saturated carbocycles.